The highest BCUT2D eigenvalue weighted by atomic mass is 35.5. The molecule has 0 aliphatic carbocycles. The lowest BCUT2D eigenvalue weighted by atomic mass is 9.94. The van der Waals surface area contributed by atoms with E-state index < -0.39 is 0 Å². The minimum absolute atomic E-state index is 0.507. The van der Waals surface area contributed by atoms with Crippen molar-refractivity contribution in [2.24, 2.45) is 0 Å². The Labute approximate surface area is 179 Å². The third kappa shape index (κ3) is 3.04. The molecular weight excluding hydrogens is 390 g/mol. The average Bonchev–Trinajstić information content (AvgIpc) is 3.23. The van der Waals surface area contributed by atoms with E-state index >= 15 is 0 Å². The van der Waals surface area contributed by atoms with E-state index in [-0.39, 0.29) is 0 Å². The Balaban J connectivity index is 1.87. The van der Waals surface area contributed by atoms with E-state index in [4.69, 9.17) is 16.6 Å². The summed E-state index contributed by atoms with van der Waals surface area (Å²) in [4.78, 5) is 8.23. The first-order valence-corrected chi connectivity index (χ1v) is 9.96. The predicted molar refractivity (Wildman–Crippen MR) is 122 cm³/mol. The second-order valence-corrected chi connectivity index (χ2v) is 7.39. The molecule has 5 rings (SSSR count). The summed E-state index contributed by atoms with van der Waals surface area (Å²) in [5.41, 5.74) is 6.42. The SMILES string of the molecule is N#Cc1c(-c2ccccc2Cl)cc(-c2ccccc2)nc1-c1c[nH]c2ccccc12. The van der Waals surface area contributed by atoms with Gasteiger partial charge in [-0.05, 0) is 18.2 Å². The number of aromatic nitrogens is 2. The third-order valence-corrected chi connectivity index (χ3v) is 5.54. The highest BCUT2D eigenvalue weighted by Crippen LogP contribution is 2.39. The largest absolute Gasteiger partial charge is 0.360 e. The molecule has 0 atom stereocenters. The molecule has 0 radical (unpaired) electrons. The van der Waals surface area contributed by atoms with Crippen molar-refractivity contribution in [1.29, 1.82) is 5.26 Å². The molecule has 30 heavy (non-hydrogen) atoms. The molecule has 2 aromatic heterocycles. The molecule has 0 bridgehead atoms. The number of benzene rings is 3. The fourth-order valence-corrected chi connectivity index (χ4v) is 4.01. The van der Waals surface area contributed by atoms with Crippen LogP contribution in [0.25, 0.3) is 44.5 Å². The molecule has 0 saturated carbocycles. The summed E-state index contributed by atoms with van der Waals surface area (Å²) in [6, 6.07) is 29.9. The Morgan fingerprint density at radius 3 is 2.33 bits per heavy atom. The van der Waals surface area contributed by atoms with Crippen LogP contribution < -0.4 is 0 Å². The van der Waals surface area contributed by atoms with Gasteiger partial charge in [0.05, 0.1) is 17.0 Å². The van der Waals surface area contributed by atoms with Gasteiger partial charge < -0.3 is 4.98 Å². The van der Waals surface area contributed by atoms with Crippen LogP contribution in [-0.4, -0.2) is 9.97 Å². The predicted octanol–water partition coefficient (Wildman–Crippen LogP) is 7.09. The van der Waals surface area contributed by atoms with Gasteiger partial charge in [-0.2, -0.15) is 5.26 Å². The topological polar surface area (TPSA) is 52.5 Å². The van der Waals surface area contributed by atoms with E-state index in [2.05, 4.69) is 11.1 Å². The summed E-state index contributed by atoms with van der Waals surface area (Å²) in [5, 5.41) is 11.8. The molecule has 0 aliphatic heterocycles. The monoisotopic (exact) mass is 405 g/mol. The van der Waals surface area contributed by atoms with Crippen LogP contribution in [0.3, 0.4) is 0 Å². The molecule has 2 heterocycles. The zero-order valence-corrected chi connectivity index (χ0v) is 16.7. The number of nitrogens with one attached hydrogen (secondary N) is 1. The molecule has 3 nitrogen and oxygen atoms in total. The number of fused-ring (bicyclic) bond motifs is 1. The van der Waals surface area contributed by atoms with Crippen molar-refractivity contribution >= 4 is 22.5 Å². The van der Waals surface area contributed by atoms with Gasteiger partial charge in [0, 0.05) is 44.4 Å². The number of nitrogens with zero attached hydrogens (tertiary/aromatic N) is 2. The minimum atomic E-state index is 0.507. The number of nitriles is 1. The number of H-pyrrole nitrogens is 1. The molecule has 1 N–H and O–H groups in total. The molecule has 0 aliphatic rings. The zero-order chi connectivity index (χ0) is 20.5. The van der Waals surface area contributed by atoms with Crippen molar-refractivity contribution in [2.75, 3.05) is 0 Å². The van der Waals surface area contributed by atoms with Crippen LogP contribution in [0.4, 0.5) is 0 Å². The van der Waals surface area contributed by atoms with E-state index in [0.717, 1.165) is 38.9 Å². The Morgan fingerprint density at radius 2 is 1.53 bits per heavy atom. The summed E-state index contributed by atoms with van der Waals surface area (Å²) in [7, 11) is 0. The van der Waals surface area contributed by atoms with Gasteiger partial charge >= 0.3 is 0 Å². The van der Waals surface area contributed by atoms with E-state index in [1.54, 1.807) is 0 Å². The van der Waals surface area contributed by atoms with E-state index in [1.807, 2.05) is 91.1 Å². The van der Waals surface area contributed by atoms with Gasteiger partial charge in [-0.3, -0.25) is 0 Å². The molecule has 0 amide bonds. The lowest BCUT2D eigenvalue weighted by Crippen LogP contribution is -1.97. The highest BCUT2D eigenvalue weighted by molar-refractivity contribution is 6.33. The van der Waals surface area contributed by atoms with Gasteiger partial charge in [0.2, 0.25) is 0 Å². The number of aromatic amines is 1. The molecule has 3 aromatic carbocycles. The normalized spacial score (nSPS) is 10.8. The van der Waals surface area contributed by atoms with E-state index in [9.17, 15) is 5.26 Å². The number of hydrogen-bond donors (Lipinski definition) is 1. The van der Waals surface area contributed by atoms with Crippen LogP contribution in [0.15, 0.2) is 91.1 Å². The molecule has 0 fully saturated rings. The quantitative estimate of drug-likeness (QED) is 0.348. The average molecular weight is 406 g/mol. The van der Waals surface area contributed by atoms with Gasteiger partial charge in [0.15, 0.2) is 0 Å². The summed E-state index contributed by atoms with van der Waals surface area (Å²) in [6.45, 7) is 0. The molecular formula is C26H16ClN3. The maximum absolute atomic E-state index is 10.1. The van der Waals surface area contributed by atoms with Crippen molar-refractivity contribution < 1.29 is 0 Å². The van der Waals surface area contributed by atoms with Crippen LogP contribution in [0.1, 0.15) is 5.56 Å². The van der Waals surface area contributed by atoms with Gasteiger partial charge in [-0.15, -0.1) is 0 Å². The Morgan fingerprint density at radius 1 is 0.800 bits per heavy atom. The smallest absolute Gasteiger partial charge is 0.102 e. The molecule has 0 spiro atoms. The number of para-hydroxylation sites is 1. The Hall–Kier alpha value is -3.87. The zero-order valence-electron chi connectivity index (χ0n) is 15.9. The first kappa shape index (κ1) is 18.2. The first-order chi connectivity index (χ1) is 14.8. The van der Waals surface area contributed by atoms with Gasteiger partial charge in [-0.1, -0.05) is 78.3 Å². The fourth-order valence-electron chi connectivity index (χ4n) is 3.77. The highest BCUT2D eigenvalue weighted by Gasteiger charge is 2.20. The van der Waals surface area contributed by atoms with Gasteiger partial charge in [0.1, 0.15) is 6.07 Å². The summed E-state index contributed by atoms with van der Waals surface area (Å²) < 4.78 is 0. The van der Waals surface area contributed by atoms with Crippen molar-refractivity contribution in [3.05, 3.63) is 102 Å². The molecule has 0 saturated heterocycles. The number of rotatable bonds is 3. The standard InChI is InChI=1S/C26H16ClN3/c27-23-12-6-4-10-18(23)20-14-25(17-8-2-1-3-9-17)30-26(21(20)15-28)22-16-29-24-13-7-5-11-19(22)24/h1-14,16,29H. The first-order valence-electron chi connectivity index (χ1n) is 9.58. The Bertz CT molecular complexity index is 1410. The second-order valence-electron chi connectivity index (χ2n) is 6.98. The number of pyridine rings is 1. The minimum Gasteiger partial charge on any atom is -0.360 e. The van der Waals surface area contributed by atoms with Crippen molar-refractivity contribution in [3.63, 3.8) is 0 Å². The maximum atomic E-state index is 10.1. The van der Waals surface area contributed by atoms with Gasteiger partial charge in [-0.25, -0.2) is 4.98 Å². The second kappa shape index (κ2) is 7.51. The van der Waals surface area contributed by atoms with Crippen LogP contribution in [-0.2, 0) is 0 Å². The fraction of sp³-hybridized carbons (Fsp3) is 0. The van der Waals surface area contributed by atoms with Crippen LogP contribution in [0.2, 0.25) is 5.02 Å². The Kier molecular flexibility index (Phi) is 4.55. The summed E-state index contributed by atoms with van der Waals surface area (Å²) >= 11 is 6.52. The summed E-state index contributed by atoms with van der Waals surface area (Å²) in [5.74, 6) is 0. The van der Waals surface area contributed by atoms with Gasteiger partial charge in [0.25, 0.3) is 0 Å². The van der Waals surface area contributed by atoms with Crippen LogP contribution >= 0.6 is 11.6 Å². The lowest BCUT2D eigenvalue weighted by Gasteiger charge is -2.13. The van der Waals surface area contributed by atoms with Crippen LogP contribution in [0.5, 0.6) is 0 Å². The van der Waals surface area contributed by atoms with E-state index in [0.29, 0.717) is 16.3 Å². The van der Waals surface area contributed by atoms with E-state index in [1.165, 1.54) is 0 Å². The number of hydrogen-bond acceptors (Lipinski definition) is 2. The third-order valence-electron chi connectivity index (χ3n) is 5.21. The maximum Gasteiger partial charge on any atom is 0.102 e. The molecule has 4 heteroatoms. The molecule has 142 valence electrons. The summed E-state index contributed by atoms with van der Waals surface area (Å²) in [6.07, 6.45) is 1.92. The van der Waals surface area contributed by atoms with Crippen molar-refractivity contribution in [1.82, 2.24) is 9.97 Å². The molecule has 0 unspecified atom stereocenters. The lowest BCUT2D eigenvalue weighted by molar-refractivity contribution is 1.30. The number of halogens is 1. The van der Waals surface area contributed by atoms with Crippen molar-refractivity contribution in [3.8, 4) is 39.7 Å². The molecule has 5 aromatic rings. The van der Waals surface area contributed by atoms with Crippen molar-refractivity contribution in [2.45, 2.75) is 0 Å². The van der Waals surface area contributed by atoms with Crippen LogP contribution in [0, 0.1) is 11.3 Å².